The minimum absolute atomic E-state index is 0.787. The molecule has 0 saturated carbocycles. The molecule has 0 saturated heterocycles. The lowest BCUT2D eigenvalue weighted by Gasteiger charge is -2.30. The molecule has 2 N–H and O–H groups in total. The molecule has 0 amide bonds. The summed E-state index contributed by atoms with van der Waals surface area (Å²) in [6, 6.07) is 40.7. The third kappa shape index (κ3) is 3.55. The van der Waals surface area contributed by atoms with Crippen LogP contribution in [0.2, 0.25) is 0 Å². The lowest BCUT2D eigenvalue weighted by molar-refractivity contribution is 1.64. The van der Waals surface area contributed by atoms with Crippen molar-refractivity contribution in [3.63, 3.8) is 0 Å². The van der Waals surface area contributed by atoms with Gasteiger partial charge in [-0.2, -0.15) is 0 Å². The van der Waals surface area contributed by atoms with Crippen molar-refractivity contribution in [2.24, 2.45) is 0 Å². The van der Waals surface area contributed by atoms with Crippen LogP contribution in [0, 0.1) is 0 Å². The van der Waals surface area contributed by atoms with Gasteiger partial charge in [0.15, 0.2) is 8.07 Å². The normalized spacial score (nSPS) is 11.6. The molecule has 0 atom stereocenters. The molecule has 4 aromatic rings. The van der Waals surface area contributed by atoms with E-state index in [0.29, 0.717) is 0 Å². The highest BCUT2D eigenvalue weighted by Gasteiger charge is 2.36. The Kier molecular flexibility index (Phi) is 5.22. The van der Waals surface area contributed by atoms with Crippen molar-refractivity contribution >= 4 is 35.4 Å². The van der Waals surface area contributed by atoms with Gasteiger partial charge < -0.3 is 5.73 Å². The second-order valence-corrected chi connectivity index (χ2v) is 10.6. The van der Waals surface area contributed by atoms with Gasteiger partial charge in [0.05, 0.1) is 0 Å². The Bertz CT molecular complexity index is 943. The van der Waals surface area contributed by atoms with Crippen LogP contribution in [0.15, 0.2) is 121 Å². The first-order valence-corrected chi connectivity index (χ1v) is 11.6. The summed E-state index contributed by atoms with van der Waals surface area (Å²) in [6.45, 7) is 0. The minimum atomic E-state index is -2.33. The van der Waals surface area contributed by atoms with Crippen LogP contribution in [0.5, 0.6) is 0 Å². The van der Waals surface area contributed by atoms with E-state index in [1.165, 1.54) is 15.6 Å². The predicted octanol–water partition coefficient (Wildman–Crippen LogP) is 3.99. The van der Waals surface area contributed by atoms with Gasteiger partial charge in [-0.15, -0.1) is 0 Å². The first-order chi connectivity index (χ1) is 13.8. The molecule has 0 aliphatic rings. The maximum Gasteiger partial charge on any atom is 0.172 e. The van der Waals surface area contributed by atoms with E-state index >= 15 is 0 Å². The van der Waals surface area contributed by atoms with E-state index in [1.807, 2.05) is 12.1 Å². The molecule has 0 aromatic heterocycles. The van der Waals surface area contributed by atoms with Crippen molar-refractivity contribution in [3.05, 3.63) is 127 Å². The smallest absolute Gasteiger partial charge is 0.172 e. The summed E-state index contributed by atoms with van der Waals surface area (Å²) in [5.41, 5.74) is 10.3. The average molecular weight is 378 g/mol. The van der Waals surface area contributed by atoms with Crippen LogP contribution in [0.25, 0.3) is 6.08 Å². The van der Waals surface area contributed by atoms with E-state index in [9.17, 15) is 0 Å². The number of hydrogen-bond donors (Lipinski definition) is 1. The number of rotatable bonds is 5. The van der Waals surface area contributed by atoms with E-state index < -0.39 is 8.07 Å². The number of hydrogen-bond acceptors (Lipinski definition) is 1. The fourth-order valence-corrected chi connectivity index (χ4v) is 7.89. The number of anilines is 1. The maximum atomic E-state index is 5.87. The summed E-state index contributed by atoms with van der Waals surface area (Å²) >= 11 is 0. The Morgan fingerprint density at radius 3 is 1.29 bits per heavy atom. The highest BCUT2D eigenvalue weighted by molar-refractivity contribution is 7.15. The summed E-state index contributed by atoms with van der Waals surface area (Å²) in [7, 11) is -2.33. The Morgan fingerprint density at radius 2 is 0.893 bits per heavy atom. The standard InChI is InChI=1S/C26H23NSi/c27-23-18-16-22(17-19-23)20-21-28(24-10-4-1-5-11-24,25-12-6-2-7-13-25)26-14-8-3-9-15-26/h1-21H,27H2. The second kappa shape index (κ2) is 8.11. The predicted molar refractivity (Wildman–Crippen MR) is 124 cm³/mol. The maximum absolute atomic E-state index is 5.87. The number of nitrogens with two attached hydrogens (primary N) is 1. The highest BCUT2D eigenvalue weighted by Crippen LogP contribution is 2.13. The summed E-state index contributed by atoms with van der Waals surface area (Å²) < 4.78 is 0. The summed E-state index contributed by atoms with van der Waals surface area (Å²) in [5, 5.41) is 4.12. The minimum Gasteiger partial charge on any atom is -0.399 e. The molecule has 1 nitrogen and oxygen atoms in total. The number of benzene rings is 4. The molecule has 0 radical (unpaired) electrons. The van der Waals surface area contributed by atoms with Gasteiger partial charge in [-0.25, -0.2) is 0 Å². The lowest BCUT2D eigenvalue weighted by atomic mass is 10.2. The van der Waals surface area contributed by atoms with Gasteiger partial charge in [-0.3, -0.25) is 0 Å². The molecule has 0 aliphatic heterocycles. The van der Waals surface area contributed by atoms with Crippen LogP contribution in [-0.2, 0) is 0 Å². The molecule has 28 heavy (non-hydrogen) atoms. The molecule has 0 fully saturated rings. The molecule has 4 rings (SSSR count). The average Bonchev–Trinajstić information content (AvgIpc) is 2.78. The van der Waals surface area contributed by atoms with Gasteiger partial charge in [-0.1, -0.05) is 115 Å². The molecule has 0 spiro atoms. The number of nitrogen functional groups attached to an aromatic ring is 1. The highest BCUT2D eigenvalue weighted by atomic mass is 28.3. The molecule has 0 unspecified atom stereocenters. The van der Waals surface area contributed by atoms with Crippen LogP contribution < -0.4 is 21.3 Å². The van der Waals surface area contributed by atoms with Crippen molar-refractivity contribution in [1.29, 1.82) is 0 Å². The van der Waals surface area contributed by atoms with Gasteiger partial charge >= 0.3 is 0 Å². The SMILES string of the molecule is Nc1ccc(C=C[Si](c2ccccc2)(c2ccccc2)c2ccccc2)cc1. The van der Waals surface area contributed by atoms with E-state index in [1.54, 1.807) is 0 Å². The molecule has 2 heteroatoms. The zero-order valence-electron chi connectivity index (χ0n) is 15.7. The van der Waals surface area contributed by atoms with E-state index in [0.717, 1.165) is 11.3 Å². The van der Waals surface area contributed by atoms with Crippen LogP contribution >= 0.6 is 0 Å². The molecule has 4 aromatic carbocycles. The molecule has 0 aliphatic carbocycles. The zero-order chi connectivity index (χ0) is 19.2. The van der Waals surface area contributed by atoms with Crippen molar-refractivity contribution in [2.45, 2.75) is 0 Å². The van der Waals surface area contributed by atoms with Crippen molar-refractivity contribution < 1.29 is 0 Å². The summed E-state index contributed by atoms with van der Waals surface area (Å²) in [5.74, 6) is 0. The van der Waals surface area contributed by atoms with Gasteiger partial charge in [0, 0.05) is 5.69 Å². The Morgan fingerprint density at radius 1 is 0.500 bits per heavy atom. The third-order valence-electron chi connectivity index (χ3n) is 5.15. The van der Waals surface area contributed by atoms with Gasteiger partial charge in [0.2, 0.25) is 0 Å². The fourth-order valence-electron chi connectivity index (χ4n) is 3.72. The fraction of sp³-hybridized carbons (Fsp3) is 0. The summed E-state index contributed by atoms with van der Waals surface area (Å²) in [6.07, 6.45) is 2.25. The second-order valence-electron chi connectivity index (χ2n) is 6.91. The zero-order valence-corrected chi connectivity index (χ0v) is 16.7. The van der Waals surface area contributed by atoms with Crippen LogP contribution in [-0.4, -0.2) is 8.07 Å². The molecular weight excluding hydrogens is 354 g/mol. The molecule has 0 bridgehead atoms. The molecule has 0 heterocycles. The Balaban J connectivity index is 1.97. The lowest BCUT2D eigenvalue weighted by Crippen LogP contribution is -2.66. The first-order valence-electron chi connectivity index (χ1n) is 9.50. The summed E-state index contributed by atoms with van der Waals surface area (Å²) in [4.78, 5) is 0. The monoisotopic (exact) mass is 377 g/mol. The van der Waals surface area contributed by atoms with Crippen molar-refractivity contribution in [1.82, 2.24) is 0 Å². The van der Waals surface area contributed by atoms with Crippen LogP contribution in [0.3, 0.4) is 0 Å². The van der Waals surface area contributed by atoms with Gasteiger partial charge in [0.1, 0.15) is 0 Å². The molecule has 136 valence electrons. The van der Waals surface area contributed by atoms with E-state index in [4.69, 9.17) is 5.73 Å². The van der Waals surface area contributed by atoms with E-state index in [-0.39, 0.29) is 0 Å². The topological polar surface area (TPSA) is 26.0 Å². The van der Waals surface area contributed by atoms with Crippen LogP contribution in [0.4, 0.5) is 5.69 Å². The quantitative estimate of drug-likeness (QED) is 0.318. The van der Waals surface area contributed by atoms with Gasteiger partial charge in [0.25, 0.3) is 0 Å². The Labute approximate surface area is 167 Å². The third-order valence-corrected chi connectivity index (χ3v) is 9.55. The first kappa shape index (κ1) is 18.0. The largest absolute Gasteiger partial charge is 0.399 e. The van der Waals surface area contributed by atoms with Crippen molar-refractivity contribution in [2.75, 3.05) is 5.73 Å². The van der Waals surface area contributed by atoms with Gasteiger partial charge in [-0.05, 0) is 33.3 Å². The Hall–Kier alpha value is -3.36. The molecular formula is C26H23NSi. The van der Waals surface area contributed by atoms with E-state index in [2.05, 4.69) is 115 Å². The van der Waals surface area contributed by atoms with Crippen LogP contribution in [0.1, 0.15) is 5.56 Å². The van der Waals surface area contributed by atoms with Crippen molar-refractivity contribution in [3.8, 4) is 0 Å².